The maximum atomic E-state index is 11.5. The van der Waals surface area contributed by atoms with Crippen LogP contribution in [0.3, 0.4) is 0 Å². The summed E-state index contributed by atoms with van der Waals surface area (Å²) < 4.78 is 0. The van der Waals surface area contributed by atoms with Crippen molar-refractivity contribution in [2.24, 2.45) is 5.92 Å². The molecule has 0 aliphatic heterocycles. The topological polar surface area (TPSA) is 68.0 Å². The third-order valence-electron chi connectivity index (χ3n) is 2.53. The summed E-state index contributed by atoms with van der Waals surface area (Å²) in [5.41, 5.74) is 7.09. The molecule has 1 fully saturated rings. The molecule has 1 aliphatic rings. The highest BCUT2D eigenvalue weighted by molar-refractivity contribution is 5.90. The summed E-state index contributed by atoms with van der Waals surface area (Å²) in [6, 6.07) is 1.81. The molecule has 0 unspecified atom stereocenters. The minimum Gasteiger partial charge on any atom is -0.397 e. The van der Waals surface area contributed by atoms with E-state index in [1.165, 1.54) is 12.8 Å². The van der Waals surface area contributed by atoms with E-state index in [1.807, 2.05) is 6.92 Å². The lowest BCUT2D eigenvalue weighted by molar-refractivity contribution is -0.116. The average Bonchev–Trinajstić information content (AvgIpc) is 2.94. The first-order valence-corrected chi connectivity index (χ1v) is 5.17. The van der Waals surface area contributed by atoms with E-state index in [1.54, 1.807) is 12.3 Å². The smallest absolute Gasteiger partial charge is 0.225 e. The number of amides is 1. The molecule has 0 radical (unpaired) electrons. The maximum Gasteiger partial charge on any atom is 0.225 e. The van der Waals surface area contributed by atoms with Crippen molar-refractivity contribution in [1.29, 1.82) is 0 Å². The van der Waals surface area contributed by atoms with E-state index < -0.39 is 0 Å². The predicted molar refractivity (Wildman–Crippen MR) is 59.4 cm³/mol. The van der Waals surface area contributed by atoms with Gasteiger partial charge in [-0.05, 0) is 37.3 Å². The van der Waals surface area contributed by atoms with Gasteiger partial charge in [-0.1, -0.05) is 0 Å². The van der Waals surface area contributed by atoms with Crippen molar-refractivity contribution in [3.05, 3.63) is 17.8 Å². The molecule has 1 saturated carbocycles. The van der Waals surface area contributed by atoms with E-state index in [0.29, 0.717) is 23.8 Å². The molecular weight excluding hydrogens is 190 g/mol. The maximum absolute atomic E-state index is 11.5. The SMILES string of the molecule is Cc1cc(N)cnc1NC(=O)CC1CC1. The molecule has 1 aromatic rings. The Kier molecular flexibility index (Phi) is 2.58. The summed E-state index contributed by atoms with van der Waals surface area (Å²) in [4.78, 5) is 15.6. The Hall–Kier alpha value is -1.58. The van der Waals surface area contributed by atoms with Crippen LogP contribution in [-0.2, 0) is 4.79 Å². The number of aryl methyl sites for hydroxylation is 1. The molecule has 1 aliphatic carbocycles. The Bertz CT molecular complexity index is 385. The quantitative estimate of drug-likeness (QED) is 0.789. The Morgan fingerprint density at radius 1 is 1.67 bits per heavy atom. The zero-order chi connectivity index (χ0) is 10.8. The summed E-state index contributed by atoms with van der Waals surface area (Å²) >= 11 is 0. The summed E-state index contributed by atoms with van der Waals surface area (Å²) in [7, 11) is 0. The number of rotatable bonds is 3. The predicted octanol–water partition coefficient (Wildman–Crippen LogP) is 1.71. The second-order valence-corrected chi connectivity index (χ2v) is 4.13. The van der Waals surface area contributed by atoms with Gasteiger partial charge in [0, 0.05) is 6.42 Å². The highest BCUT2D eigenvalue weighted by Gasteiger charge is 2.24. The summed E-state index contributed by atoms with van der Waals surface area (Å²) in [5, 5.41) is 2.80. The molecule has 0 aromatic carbocycles. The van der Waals surface area contributed by atoms with Crippen molar-refractivity contribution in [3.63, 3.8) is 0 Å². The molecule has 80 valence electrons. The van der Waals surface area contributed by atoms with Gasteiger partial charge in [0.1, 0.15) is 5.82 Å². The molecule has 1 amide bonds. The molecule has 15 heavy (non-hydrogen) atoms. The van der Waals surface area contributed by atoms with Gasteiger partial charge in [0.2, 0.25) is 5.91 Å². The highest BCUT2D eigenvalue weighted by Crippen LogP contribution is 2.32. The molecule has 0 saturated heterocycles. The fourth-order valence-electron chi connectivity index (χ4n) is 1.49. The van der Waals surface area contributed by atoms with E-state index >= 15 is 0 Å². The largest absolute Gasteiger partial charge is 0.397 e. The lowest BCUT2D eigenvalue weighted by Crippen LogP contribution is -2.14. The van der Waals surface area contributed by atoms with Gasteiger partial charge in [-0.25, -0.2) is 4.98 Å². The van der Waals surface area contributed by atoms with Crippen LogP contribution in [-0.4, -0.2) is 10.9 Å². The first kappa shape index (κ1) is 9.96. The second-order valence-electron chi connectivity index (χ2n) is 4.13. The van der Waals surface area contributed by atoms with Crippen molar-refractivity contribution in [3.8, 4) is 0 Å². The Labute approximate surface area is 88.9 Å². The van der Waals surface area contributed by atoms with Crippen LogP contribution in [0.15, 0.2) is 12.3 Å². The standard InChI is InChI=1S/C11H15N3O/c1-7-4-9(12)6-13-11(7)14-10(15)5-8-2-3-8/h4,6,8H,2-3,5,12H2,1H3,(H,13,14,15). The van der Waals surface area contributed by atoms with Crippen LogP contribution in [0.1, 0.15) is 24.8 Å². The zero-order valence-electron chi connectivity index (χ0n) is 8.79. The van der Waals surface area contributed by atoms with Gasteiger partial charge >= 0.3 is 0 Å². The molecule has 1 heterocycles. The lowest BCUT2D eigenvalue weighted by atomic mass is 10.2. The molecule has 2 rings (SSSR count). The van der Waals surface area contributed by atoms with E-state index in [-0.39, 0.29) is 5.91 Å². The number of hydrogen-bond acceptors (Lipinski definition) is 3. The highest BCUT2D eigenvalue weighted by atomic mass is 16.1. The number of nitrogen functional groups attached to an aromatic ring is 1. The third kappa shape index (κ3) is 2.68. The van der Waals surface area contributed by atoms with Gasteiger partial charge in [-0.3, -0.25) is 4.79 Å². The van der Waals surface area contributed by atoms with E-state index in [0.717, 1.165) is 5.56 Å². The van der Waals surface area contributed by atoms with Crippen LogP contribution in [0.4, 0.5) is 11.5 Å². The lowest BCUT2D eigenvalue weighted by Gasteiger charge is -2.07. The molecule has 0 spiro atoms. The average molecular weight is 205 g/mol. The third-order valence-corrected chi connectivity index (χ3v) is 2.53. The Morgan fingerprint density at radius 3 is 3.00 bits per heavy atom. The van der Waals surface area contributed by atoms with Gasteiger partial charge in [0.15, 0.2) is 0 Å². The molecule has 4 nitrogen and oxygen atoms in total. The zero-order valence-corrected chi connectivity index (χ0v) is 8.79. The second kappa shape index (κ2) is 3.88. The number of hydrogen-bond donors (Lipinski definition) is 2. The minimum absolute atomic E-state index is 0.0536. The van der Waals surface area contributed by atoms with Crippen LogP contribution in [0.25, 0.3) is 0 Å². The van der Waals surface area contributed by atoms with E-state index in [2.05, 4.69) is 10.3 Å². The van der Waals surface area contributed by atoms with Gasteiger partial charge in [0.25, 0.3) is 0 Å². The van der Waals surface area contributed by atoms with Crippen molar-refractivity contribution in [2.75, 3.05) is 11.1 Å². The van der Waals surface area contributed by atoms with Gasteiger partial charge in [0.05, 0.1) is 11.9 Å². The molecule has 0 bridgehead atoms. The summed E-state index contributed by atoms with van der Waals surface area (Å²) in [5.74, 6) is 1.27. The fraction of sp³-hybridized carbons (Fsp3) is 0.455. The number of carbonyl (C=O) groups excluding carboxylic acids is 1. The normalized spacial score (nSPS) is 15.0. The van der Waals surface area contributed by atoms with Crippen molar-refractivity contribution >= 4 is 17.4 Å². The monoisotopic (exact) mass is 205 g/mol. The van der Waals surface area contributed by atoms with Gasteiger partial charge < -0.3 is 11.1 Å². The Morgan fingerprint density at radius 2 is 2.40 bits per heavy atom. The number of aromatic nitrogens is 1. The van der Waals surface area contributed by atoms with E-state index in [4.69, 9.17) is 5.73 Å². The number of nitrogens with one attached hydrogen (secondary N) is 1. The van der Waals surface area contributed by atoms with Crippen molar-refractivity contribution in [1.82, 2.24) is 4.98 Å². The van der Waals surface area contributed by atoms with E-state index in [9.17, 15) is 4.79 Å². The van der Waals surface area contributed by atoms with Crippen molar-refractivity contribution < 1.29 is 4.79 Å². The number of nitrogens with two attached hydrogens (primary N) is 1. The van der Waals surface area contributed by atoms with Crippen LogP contribution in [0, 0.1) is 12.8 Å². The van der Waals surface area contributed by atoms with Crippen LogP contribution in [0.2, 0.25) is 0 Å². The number of nitrogens with zero attached hydrogens (tertiary/aromatic N) is 1. The Balaban J connectivity index is 1.99. The molecule has 4 heteroatoms. The van der Waals surface area contributed by atoms with Crippen LogP contribution in [0.5, 0.6) is 0 Å². The van der Waals surface area contributed by atoms with Gasteiger partial charge in [-0.15, -0.1) is 0 Å². The number of anilines is 2. The van der Waals surface area contributed by atoms with Gasteiger partial charge in [-0.2, -0.15) is 0 Å². The first-order chi connectivity index (χ1) is 7.15. The molecule has 3 N–H and O–H groups in total. The van der Waals surface area contributed by atoms with Crippen LogP contribution < -0.4 is 11.1 Å². The summed E-state index contributed by atoms with van der Waals surface area (Å²) in [6.45, 7) is 1.89. The summed E-state index contributed by atoms with van der Waals surface area (Å²) in [6.07, 6.45) is 4.54. The van der Waals surface area contributed by atoms with Crippen molar-refractivity contribution in [2.45, 2.75) is 26.2 Å². The molecular formula is C11H15N3O. The molecule has 1 aromatic heterocycles. The minimum atomic E-state index is 0.0536. The number of pyridine rings is 1. The first-order valence-electron chi connectivity index (χ1n) is 5.17. The fourth-order valence-corrected chi connectivity index (χ4v) is 1.49. The number of carbonyl (C=O) groups is 1. The molecule has 0 atom stereocenters. The van der Waals surface area contributed by atoms with Crippen LogP contribution >= 0.6 is 0 Å².